The van der Waals surface area contributed by atoms with Crippen LogP contribution in [0.4, 0.5) is 0 Å². The molecule has 0 radical (unpaired) electrons. The lowest BCUT2D eigenvalue weighted by Crippen LogP contribution is -2.45. The normalized spacial score (nSPS) is 23.4. The predicted molar refractivity (Wildman–Crippen MR) is 73.8 cm³/mol. The number of benzene rings is 1. The first-order valence-electron chi connectivity index (χ1n) is 7.52. The molecule has 1 saturated carbocycles. The molecule has 0 saturated heterocycles. The van der Waals surface area contributed by atoms with Crippen LogP contribution in [-0.4, -0.2) is 13.2 Å². The van der Waals surface area contributed by atoms with Crippen molar-refractivity contribution in [3.63, 3.8) is 0 Å². The summed E-state index contributed by atoms with van der Waals surface area (Å²) in [6, 6.07) is 2.20. The molecule has 0 amide bonds. The molecule has 1 aromatic rings. The number of aryl methyl sites for hydroxylation is 1. The van der Waals surface area contributed by atoms with Gasteiger partial charge in [0.05, 0.1) is 13.2 Å². The summed E-state index contributed by atoms with van der Waals surface area (Å²) in [5, 5.41) is 0. The fraction of sp³-hybridized carbons (Fsp3) is 0.625. The highest BCUT2D eigenvalue weighted by Gasteiger charge is 2.41. The Balaban J connectivity index is 1.93. The zero-order valence-corrected chi connectivity index (χ0v) is 11.3. The summed E-state index contributed by atoms with van der Waals surface area (Å²) >= 11 is 0. The van der Waals surface area contributed by atoms with Crippen molar-refractivity contribution in [2.45, 2.75) is 50.5 Å². The van der Waals surface area contributed by atoms with E-state index in [1.165, 1.54) is 23.1 Å². The molecule has 4 rings (SSSR count). The number of hydrogen-bond donors (Lipinski definition) is 1. The number of hydrogen-bond acceptors (Lipinski definition) is 3. The monoisotopic (exact) mass is 259 g/mol. The van der Waals surface area contributed by atoms with E-state index in [2.05, 4.69) is 6.07 Å². The van der Waals surface area contributed by atoms with Crippen molar-refractivity contribution in [1.29, 1.82) is 0 Å². The fourth-order valence-electron chi connectivity index (χ4n) is 3.66. The molecule has 0 atom stereocenters. The molecule has 102 valence electrons. The fourth-order valence-corrected chi connectivity index (χ4v) is 3.66. The van der Waals surface area contributed by atoms with E-state index in [0.717, 1.165) is 63.2 Å². The smallest absolute Gasteiger partial charge is 0.128 e. The molecule has 1 aliphatic carbocycles. The highest BCUT2D eigenvalue weighted by atomic mass is 16.5. The minimum atomic E-state index is -0.159. The van der Waals surface area contributed by atoms with E-state index in [1.54, 1.807) is 0 Å². The lowest BCUT2D eigenvalue weighted by molar-refractivity contribution is 0.217. The van der Waals surface area contributed by atoms with Gasteiger partial charge in [0, 0.05) is 16.7 Å². The number of fused-ring (bicyclic) bond motifs is 2. The third kappa shape index (κ3) is 1.68. The van der Waals surface area contributed by atoms with E-state index in [9.17, 15) is 0 Å². The third-order valence-electron chi connectivity index (χ3n) is 4.83. The summed E-state index contributed by atoms with van der Waals surface area (Å²) in [7, 11) is 0. The maximum absolute atomic E-state index is 6.64. The van der Waals surface area contributed by atoms with Gasteiger partial charge in [-0.1, -0.05) is 0 Å². The highest BCUT2D eigenvalue weighted by Crippen LogP contribution is 2.50. The second-order valence-electron chi connectivity index (χ2n) is 6.13. The maximum Gasteiger partial charge on any atom is 0.128 e. The van der Waals surface area contributed by atoms with E-state index in [4.69, 9.17) is 15.2 Å². The number of ether oxygens (including phenoxy) is 2. The Labute approximate surface area is 114 Å². The molecular weight excluding hydrogens is 238 g/mol. The first-order valence-corrected chi connectivity index (χ1v) is 7.52. The summed E-state index contributed by atoms with van der Waals surface area (Å²) in [6.45, 7) is 1.67. The minimum absolute atomic E-state index is 0.159. The predicted octanol–water partition coefficient (Wildman–Crippen LogP) is 2.67. The highest BCUT2D eigenvalue weighted by molar-refractivity contribution is 5.58. The first kappa shape index (κ1) is 11.6. The van der Waals surface area contributed by atoms with Gasteiger partial charge in [0.25, 0.3) is 0 Å². The van der Waals surface area contributed by atoms with Crippen molar-refractivity contribution in [2.24, 2.45) is 5.73 Å². The summed E-state index contributed by atoms with van der Waals surface area (Å²) in [4.78, 5) is 0. The van der Waals surface area contributed by atoms with Crippen molar-refractivity contribution in [3.05, 3.63) is 22.8 Å². The van der Waals surface area contributed by atoms with E-state index < -0.39 is 0 Å². The van der Waals surface area contributed by atoms with Crippen LogP contribution < -0.4 is 15.2 Å². The van der Waals surface area contributed by atoms with Crippen LogP contribution in [0.25, 0.3) is 0 Å². The van der Waals surface area contributed by atoms with Gasteiger partial charge in [-0.25, -0.2) is 0 Å². The second kappa shape index (κ2) is 4.14. The van der Waals surface area contributed by atoms with Gasteiger partial charge in [0.1, 0.15) is 11.5 Å². The van der Waals surface area contributed by atoms with Gasteiger partial charge >= 0.3 is 0 Å². The molecule has 3 heteroatoms. The minimum Gasteiger partial charge on any atom is -0.493 e. The van der Waals surface area contributed by atoms with Crippen molar-refractivity contribution in [3.8, 4) is 11.5 Å². The maximum atomic E-state index is 6.64. The Morgan fingerprint density at radius 1 is 1.00 bits per heavy atom. The molecule has 2 aliphatic heterocycles. The SMILES string of the molecule is NC1(c2c3c(cc4c2OCCC4)OCCC3)CCC1. The quantitative estimate of drug-likeness (QED) is 0.843. The summed E-state index contributed by atoms with van der Waals surface area (Å²) in [5.74, 6) is 2.17. The number of rotatable bonds is 1. The Kier molecular flexibility index (Phi) is 2.52. The van der Waals surface area contributed by atoms with Crippen LogP contribution in [0, 0.1) is 0 Å². The first-order chi connectivity index (χ1) is 9.28. The average Bonchev–Trinajstić information content (AvgIpc) is 2.42. The van der Waals surface area contributed by atoms with Crippen LogP contribution in [-0.2, 0) is 18.4 Å². The van der Waals surface area contributed by atoms with E-state index in [-0.39, 0.29) is 5.54 Å². The van der Waals surface area contributed by atoms with Crippen LogP contribution in [0.3, 0.4) is 0 Å². The Bertz CT molecular complexity index is 486. The number of nitrogens with two attached hydrogens (primary N) is 1. The molecule has 1 aromatic carbocycles. The van der Waals surface area contributed by atoms with Gasteiger partial charge in [-0.05, 0) is 56.6 Å². The summed E-state index contributed by atoms with van der Waals surface area (Å²) in [5.41, 5.74) is 10.4. The van der Waals surface area contributed by atoms with Crippen molar-refractivity contribution in [1.82, 2.24) is 0 Å². The van der Waals surface area contributed by atoms with Gasteiger partial charge in [-0.15, -0.1) is 0 Å². The molecule has 0 bridgehead atoms. The Hall–Kier alpha value is -1.22. The van der Waals surface area contributed by atoms with E-state index in [1.807, 2.05) is 0 Å². The molecule has 19 heavy (non-hydrogen) atoms. The van der Waals surface area contributed by atoms with Gasteiger partial charge in [-0.2, -0.15) is 0 Å². The zero-order valence-electron chi connectivity index (χ0n) is 11.3. The molecule has 2 N–H and O–H groups in total. The molecule has 0 unspecified atom stereocenters. The lowest BCUT2D eigenvalue weighted by Gasteiger charge is -2.43. The van der Waals surface area contributed by atoms with Gasteiger partial charge in [0.15, 0.2) is 0 Å². The Morgan fingerprint density at radius 2 is 1.79 bits per heavy atom. The largest absolute Gasteiger partial charge is 0.493 e. The lowest BCUT2D eigenvalue weighted by atomic mass is 9.69. The van der Waals surface area contributed by atoms with Crippen molar-refractivity contribution in [2.75, 3.05) is 13.2 Å². The Morgan fingerprint density at radius 3 is 2.58 bits per heavy atom. The van der Waals surface area contributed by atoms with Crippen LogP contribution in [0.2, 0.25) is 0 Å². The van der Waals surface area contributed by atoms with Gasteiger partial charge < -0.3 is 15.2 Å². The van der Waals surface area contributed by atoms with Crippen LogP contribution >= 0.6 is 0 Å². The van der Waals surface area contributed by atoms with E-state index in [0.29, 0.717) is 0 Å². The van der Waals surface area contributed by atoms with Crippen LogP contribution in [0.5, 0.6) is 11.5 Å². The van der Waals surface area contributed by atoms with Crippen molar-refractivity contribution < 1.29 is 9.47 Å². The molecule has 3 aliphatic rings. The second-order valence-corrected chi connectivity index (χ2v) is 6.13. The molecular formula is C16H21NO2. The summed E-state index contributed by atoms with van der Waals surface area (Å²) in [6.07, 6.45) is 7.77. The van der Waals surface area contributed by atoms with Crippen molar-refractivity contribution >= 4 is 0 Å². The molecule has 0 spiro atoms. The molecule has 3 nitrogen and oxygen atoms in total. The molecule has 0 aromatic heterocycles. The van der Waals surface area contributed by atoms with Gasteiger partial charge in [-0.3, -0.25) is 0 Å². The zero-order chi connectivity index (χ0) is 12.9. The van der Waals surface area contributed by atoms with Gasteiger partial charge in [0.2, 0.25) is 0 Å². The van der Waals surface area contributed by atoms with Crippen LogP contribution in [0.1, 0.15) is 48.8 Å². The topological polar surface area (TPSA) is 44.5 Å². The third-order valence-corrected chi connectivity index (χ3v) is 4.83. The average molecular weight is 259 g/mol. The van der Waals surface area contributed by atoms with Crippen LogP contribution in [0.15, 0.2) is 6.07 Å². The standard InChI is InChI=1S/C16H21NO2/c17-16(6-3-7-16)14-12-5-2-8-18-13(12)10-11-4-1-9-19-15(11)14/h10H,1-9,17H2. The summed E-state index contributed by atoms with van der Waals surface area (Å²) < 4.78 is 11.9. The molecule has 2 heterocycles. The molecule has 1 fully saturated rings. The van der Waals surface area contributed by atoms with E-state index >= 15 is 0 Å².